The van der Waals surface area contributed by atoms with Crippen molar-refractivity contribution in [2.75, 3.05) is 6.54 Å². The van der Waals surface area contributed by atoms with Crippen molar-refractivity contribution in [2.45, 2.75) is 39.2 Å². The van der Waals surface area contributed by atoms with E-state index in [2.05, 4.69) is 6.92 Å². The van der Waals surface area contributed by atoms with Crippen LogP contribution < -0.4 is 0 Å². The van der Waals surface area contributed by atoms with Crippen LogP contribution in [-0.2, 0) is 4.79 Å². The lowest BCUT2D eigenvalue weighted by atomic mass is 10.0. The molecule has 0 aliphatic carbocycles. The fourth-order valence-corrected chi connectivity index (χ4v) is 1.66. The van der Waals surface area contributed by atoms with Gasteiger partial charge >= 0.3 is 0 Å². The van der Waals surface area contributed by atoms with Crippen LogP contribution in [0.5, 0.6) is 0 Å². The van der Waals surface area contributed by atoms with E-state index in [-0.39, 0.29) is 5.91 Å². The Kier molecular flexibility index (Phi) is 3.32. The summed E-state index contributed by atoms with van der Waals surface area (Å²) < 4.78 is 0. The Morgan fingerprint density at radius 3 is 2.83 bits per heavy atom. The molecule has 0 bridgehead atoms. The lowest BCUT2D eigenvalue weighted by Gasteiger charge is -2.32. The van der Waals surface area contributed by atoms with E-state index in [0.717, 1.165) is 19.4 Å². The van der Waals surface area contributed by atoms with Gasteiger partial charge in [-0.3, -0.25) is 4.79 Å². The first-order valence-electron chi connectivity index (χ1n) is 4.69. The molecular formula is C10H17NO. The van der Waals surface area contributed by atoms with Gasteiger partial charge in [-0.2, -0.15) is 0 Å². The summed E-state index contributed by atoms with van der Waals surface area (Å²) in [6.07, 6.45) is 7.04. The highest BCUT2D eigenvalue weighted by Gasteiger charge is 2.20. The maximum atomic E-state index is 11.4. The summed E-state index contributed by atoms with van der Waals surface area (Å²) in [5.74, 6) is 0.171. The van der Waals surface area contributed by atoms with Crippen LogP contribution in [-0.4, -0.2) is 23.4 Å². The van der Waals surface area contributed by atoms with Crippen LogP contribution in [0.1, 0.15) is 33.1 Å². The highest BCUT2D eigenvalue weighted by atomic mass is 16.2. The summed E-state index contributed by atoms with van der Waals surface area (Å²) in [4.78, 5) is 13.4. The van der Waals surface area contributed by atoms with Gasteiger partial charge in [0, 0.05) is 12.6 Å². The summed E-state index contributed by atoms with van der Waals surface area (Å²) in [6, 6.07) is 0.433. The predicted molar refractivity (Wildman–Crippen MR) is 49.8 cm³/mol. The van der Waals surface area contributed by atoms with Gasteiger partial charge in [-0.05, 0) is 39.2 Å². The fourth-order valence-electron chi connectivity index (χ4n) is 1.66. The molecule has 0 aromatic rings. The zero-order valence-electron chi connectivity index (χ0n) is 7.92. The summed E-state index contributed by atoms with van der Waals surface area (Å²) >= 11 is 0. The smallest absolute Gasteiger partial charge is 0.246 e. The van der Waals surface area contributed by atoms with Crippen LogP contribution in [0.25, 0.3) is 0 Å². The van der Waals surface area contributed by atoms with Crippen molar-refractivity contribution in [3.8, 4) is 0 Å². The Labute approximate surface area is 74.2 Å². The van der Waals surface area contributed by atoms with Crippen LogP contribution in [0.15, 0.2) is 12.2 Å². The largest absolute Gasteiger partial charge is 0.336 e. The van der Waals surface area contributed by atoms with E-state index in [0.29, 0.717) is 6.04 Å². The molecule has 68 valence electrons. The van der Waals surface area contributed by atoms with Crippen molar-refractivity contribution in [1.82, 2.24) is 4.90 Å². The number of carbonyl (C=O) groups is 1. The molecule has 0 spiro atoms. The van der Waals surface area contributed by atoms with Gasteiger partial charge in [0.05, 0.1) is 0 Å². The number of nitrogens with zero attached hydrogens (tertiary/aromatic N) is 1. The molecule has 0 radical (unpaired) electrons. The fraction of sp³-hybridized carbons (Fsp3) is 0.700. The van der Waals surface area contributed by atoms with Gasteiger partial charge in [-0.25, -0.2) is 0 Å². The van der Waals surface area contributed by atoms with Gasteiger partial charge in [0.2, 0.25) is 5.91 Å². The number of piperidine rings is 1. The van der Waals surface area contributed by atoms with Crippen molar-refractivity contribution in [3.63, 3.8) is 0 Å². The zero-order chi connectivity index (χ0) is 8.97. The maximum absolute atomic E-state index is 11.4. The zero-order valence-corrected chi connectivity index (χ0v) is 7.92. The third-order valence-electron chi connectivity index (χ3n) is 2.40. The number of likely N-dealkylation sites (tertiary alicyclic amines) is 1. The van der Waals surface area contributed by atoms with Crippen molar-refractivity contribution >= 4 is 5.91 Å². The molecule has 1 fully saturated rings. The molecule has 1 amide bonds. The SMILES string of the molecule is CC=CC(=O)N1CCCCC1C. The van der Waals surface area contributed by atoms with Gasteiger partial charge in [-0.15, -0.1) is 0 Å². The predicted octanol–water partition coefficient (Wildman–Crippen LogP) is 1.96. The topological polar surface area (TPSA) is 20.3 Å². The minimum Gasteiger partial charge on any atom is -0.336 e. The normalized spacial score (nSPS) is 24.8. The molecule has 1 atom stereocenters. The summed E-state index contributed by atoms with van der Waals surface area (Å²) in [5, 5.41) is 0. The highest BCUT2D eigenvalue weighted by molar-refractivity contribution is 5.87. The lowest BCUT2D eigenvalue weighted by molar-refractivity contribution is -0.129. The van der Waals surface area contributed by atoms with Crippen LogP contribution in [0.2, 0.25) is 0 Å². The monoisotopic (exact) mass is 167 g/mol. The van der Waals surface area contributed by atoms with E-state index in [1.165, 1.54) is 6.42 Å². The Bertz CT molecular complexity index is 186. The molecule has 0 saturated carbocycles. The van der Waals surface area contributed by atoms with Gasteiger partial charge in [0.25, 0.3) is 0 Å². The third kappa shape index (κ3) is 2.10. The molecule has 0 N–H and O–H groups in total. The minimum absolute atomic E-state index is 0.171. The Hall–Kier alpha value is -0.790. The number of hydrogen-bond acceptors (Lipinski definition) is 1. The first-order chi connectivity index (χ1) is 5.75. The molecule has 2 heteroatoms. The number of allylic oxidation sites excluding steroid dienone is 1. The molecule has 1 rings (SSSR count). The van der Waals surface area contributed by atoms with Crippen LogP contribution in [0, 0.1) is 0 Å². The van der Waals surface area contributed by atoms with Crippen molar-refractivity contribution in [1.29, 1.82) is 0 Å². The Balaban J connectivity index is 2.53. The van der Waals surface area contributed by atoms with Gasteiger partial charge in [-0.1, -0.05) is 6.08 Å². The summed E-state index contributed by atoms with van der Waals surface area (Å²) in [7, 11) is 0. The van der Waals surface area contributed by atoms with Crippen molar-refractivity contribution in [2.24, 2.45) is 0 Å². The van der Waals surface area contributed by atoms with Gasteiger partial charge < -0.3 is 4.90 Å². The van der Waals surface area contributed by atoms with Crippen LogP contribution in [0.3, 0.4) is 0 Å². The molecule has 1 unspecified atom stereocenters. The summed E-state index contributed by atoms with van der Waals surface area (Å²) in [6.45, 7) is 4.94. The average molecular weight is 167 g/mol. The second-order valence-electron chi connectivity index (χ2n) is 3.38. The van der Waals surface area contributed by atoms with E-state index in [1.54, 1.807) is 6.08 Å². The standard InChI is InChI=1S/C10H17NO/c1-3-6-10(12)11-8-5-4-7-9(11)2/h3,6,9H,4-5,7-8H2,1-2H3. The van der Waals surface area contributed by atoms with E-state index < -0.39 is 0 Å². The second kappa shape index (κ2) is 4.29. The van der Waals surface area contributed by atoms with Crippen molar-refractivity contribution < 1.29 is 4.79 Å². The number of rotatable bonds is 1. The average Bonchev–Trinajstić information content (AvgIpc) is 2.05. The number of carbonyl (C=O) groups excluding carboxylic acids is 1. The number of hydrogen-bond donors (Lipinski definition) is 0. The molecule has 2 nitrogen and oxygen atoms in total. The first kappa shape index (κ1) is 9.30. The first-order valence-corrected chi connectivity index (χ1v) is 4.69. The minimum atomic E-state index is 0.171. The van der Waals surface area contributed by atoms with Gasteiger partial charge in [0.1, 0.15) is 0 Å². The van der Waals surface area contributed by atoms with Gasteiger partial charge in [0.15, 0.2) is 0 Å². The van der Waals surface area contributed by atoms with Crippen molar-refractivity contribution in [3.05, 3.63) is 12.2 Å². The van der Waals surface area contributed by atoms with E-state index in [1.807, 2.05) is 17.9 Å². The molecule has 0 aromatic carbocycles. The maximum Gasteiger partial charge on any atom is 0.246 e. The molecular weight excluding hydrogens is 150 g/mol. The number of amides is 1. The Morgan fingerprint density at radius 1 is 1.50 bits per heavy atom. The second-order valence-corrected chi connectivity index (χ2v) is 3.38. The van der Waals surface area contributed by atoms with E-state index >= 15 is 0 Å². The Morgan fingerprint density at radius 2 is 2.25 bits per heavy atom. The molecule has 1 aliphatic rings. The van der Waals surface area contributed by atoms with Crippen LogP contribution in [0.4, 0.5) is 0 Å². The molecule has 1 saturated heterocycles. The lowest BCUT2D eigenvalue weighted by Crippen LogP contribution is -2.41. The molecule has 12 heavy (non-hydrogen) atoms. The molecule has 1 aliphatic heterocycles. The third-order valence-corrected chi connectivity index (χ3v) is 2.40. The quantitative estimate of drug-likeness (QED) is 0.547. The van der Waals surface area contributed by atoms with Crippen LogP contribution >= 0.6 is 0 Å². The van der Waals surface area contributed by atoms with E-state index in [4.69, 9.17) is 0 Å². The van der Waals surface area contributed by atoms with E-state index in [9.17, 15) is 4.79 Å². The highest BCUT2D eigenvalue weighted by Crippen LogP contribution is 2.16. The molecule has 1 heterocycles. The summed E-state index contributed by atoms with van der Waals surface area (Å²) in [5.41, 5.74) is 0. The molecule has 0 aromatic heterocycles.